The molecule has 0 saturated heterocycles. The number of esters is 1. The van der Waals surface area contributed by atoms with E-state index in [9.17, 15) is 19.2 Å². The lowest BCUT2D eigenvalue weighted by atomic mass is 10.1. The SMILES string of the molecule is COCCN1C(=O)c2ccc(C(=O)O[C@H](C)C(=O)c3ccc(Cl)cc3)cc2C1=O. The summed E-state index contributed by atoms with van der Waals surface area (Å²) < 4.78 is 10.2. The van der Waals surface area contributed by atoms with Crippen LogP contribution in [-0.2, 0) is 9.47 Å². The number of hydrogen-bond donors (Lipinski definition) is 0. The van der Waals surface area contributed by atoms with E-state index in [-0.39, 0.29) is 35.6 Å². The van der Waals surface area contributed by atoms with Gasteiger partial charge in [0.25, 0.3) is 11.8 Å². The van der Waals surface area contributed by atoms with Crippen LogP contribution >= 0.6 is 11.6 Å². The summed E-state index contributed by atoms with van der Waals surface area (Å²) >= 11 is 5.81. The maximum absolute atomic E-state index is 12.5. The third-order valence-electron chi connectivity index (χ3n) is 4.51. The number of benzene rings is 2. The molecule has 0 unspecified atom stereocenters. The van der Waals surface area contributed by atoms with Gasteiger partial charge in [-0.25, -0.2) is 4.79 Å². The van der Waals surface area contributed by atoms with Crippen LogP contribution in [0, 0.1) is 0 Å². The Bertz CT molecular complexity index is 985. The molecule has 8 heteroatoms. The molecule has 0 saturated carbocycles. The topological polar surface area (TPSA) is 90.0 Å². The normalized spacial score (nSPS) is 14.0. The monoisotopic (exact) mass is 415 g/mol. The van der Waals surface area contributed by atoms with Crippen molar-refractivity contribution in [3.8, 4) is 0 Å². The molecule has 0 spiro atoms. The molecule has 0 radical (unpaired) electrons. The van der Waals surface area contributed by atoms with Gasteiger partial charge < -0.3 is 9.47 Å². The summed E-state index contributed by atoms with van der Waals surface area (Å²) in [4.78, 5) is 50.7. The molecule has 1 aliphatic rings. The molecule has 7 nitrogen and oxygen atoms in total. The Hall–Kier alpha value is -3.03. The number of ether oxygens (including phenoxy) is 2. The number of carbonyl (C=O) groups is 4. The highest BCUT2D eigenvalue weighted by atomic mass is 35.5. The van der Waals surface area contributed by atoms with Crippen LogP contribution in [0.3, 0.4) is 0 Å². The number of ketones is 1. The zero-order valence-corrected chi connectivity index (χ0v) is 16.6. The summed E-state index contributed by atoms with van der Waals surface area (Å²) in [5, 5.41) is 0.489. The Morgan fingerprint density at radius 1 is 1.00 bits per heavy atom. The lowest BCUT2D eigenvalue weighted by molar-refractivity contribution is 0.0318. The molecule has 1 aliphatic heterocycles. The number of imide groups is 1. The van der Waals surface area contributed by atoms with E-state index in [0.29, 0.717) is 10.6 Å². The summed E-state index contributed by atoms with van der Waals surface area (Å²) in [5.41, 5.74) is 0.776. The number of hydrogen-bond acceptors (Lipinski definition) is 6. The number of amides is 2. The number of Topliss-reactive ketones (excluding diaryl/α,β-unsaturated/α-hetero) is 1. The van der Waals surface area contributed by atoms with Crippen LogP contribution in [0.4, 0.5) is 0 Å². The molecule has 3 rings (SSSR count). The quantitative estimate of drug-likeness (QED) is 0.392. The second kappa shape index (κ2) is 8.55. The minimum atomic E-state index is -1.03. The Kier molecular flexibility index (Phi) is 6.10. The van der Waals surface area contributed by atoms with Gasteiger partial charge >= 0.3 is 5.97 Å². The Labute approximate surface area is 172 Å². The number of methoxy groups -OCH3 is 1. The number of carbonyl (C=O) groups excluding carboxylic acids is 4. The molecule has 1 heterocycles. The van der Waals surface area contributed by atoms with E-state index in [2.05, 4.69) is 0 Å². The van der Waals surface area contributed by atoms with Gasteiger partial charge in [-0.1, -0.05) is 11.6 Å². The predicted molar refractivity (Wildman–Crippen MR) is 104 cm³/mol. The van der Waals surface area contributed by atoms with Gasteiger partial charge in [0.05, 0.1) is 29.8 Å². The minimum Gasteiger partial charge on any atom is -0.451 e. The van der Waals surface area contributed by atoms with Gasteiger partial charge in [-0.2, -0.15) is 0 Å². The molecule has 0 aliphatic carbocycles. The highest BCUT2D eigenvalue weighted by Crippen LogP contribution is 2.24. The van der Waals surface area contributed by atoms with Crippen molar-refractivity contribution in [1.82, 2.24) is 4.90 Å². The van der Waals surface area contributed by atoms with E-state index in [0.717, 1.165) is 4.90 Å². The summed E-state index contributed by atoms with van der Waals surface area (Å²) in [5.74, 6) is -2.08. The first-order valence-electron chi connectivity index (χ1n) is 8.83. The maximum Gasteiger partial charge on any atom is 0.338 e. The van der Waals surface area contributed by atoms with E-state index in [1.807, 2.05) is 0 Å². The highest BCUT2D eigenvalue weighted by Gasteiger charge is 2.36. The first-order valence-corrected chi connectivity index (χ1v) is 9.21. The molecule has 0 aromatic heterocycles. The first kappa shape index (κ1) is 20.7. The van der Waals surface area contributed by atoms with Crippen LogP contribution in [0.2, 0.25) is 5.02 Å². The molecule has 0 bridgehead atoms. The summed E-state index contributed by atoms with van der Waals surface area (Å²) in [6.07, 6.45) is -1.03. The largest absolute Gasteiger partial charge is 0.451 e. The number of fused-ring (bicyclic) bond motifs is 1. The van der Waals surface area contributed by atoms with Crippen molar-refractivity contribution in [1.29, 1.82) is 0 Å². The van der Waals surface area contributed by atoms with Crippen molar-refractivity contribution >= 4 is 35.2 Å². The first-order chi connectivity index (χ1) is 13.8. The van der Waals surface area contributed by atoms with E-state index in [1.165, 1.54) is 32.2 Å². The lowest BCUT2D eigenvalue weighted by Gasteiger charge is -2.13. The Morgan fingerprint density at radius 3 is 2.28 bits per heavy atom. The zero-order chi connectivity index (χ0) is 21.1. The molecular weight excluding hydrogens is 398 g/mol. The molecule has 0 fully saturated rings. The highest BCUT2D eigenvalue weighted by molar-refractivity contribution is 6.30. The van der Waals surface area contributed by atoms with Gasteiger partial charge in [-0.05, 0) is 49.4 Å². The molecule has 29 heavy (non-hydrogen) atoms. The van der Waals surface area contributed by atoms with Crippen molar-refractivity contribution in [2.24, 2.45) is 0 Å². The molecule has 0 N–H and O–H groups in total. The third-order valence-corrected chi connectivity index (χ3v) is 4.76. The van der Waals surface area contributed by atoms with Gasteiger partial charge in [0.1, 0.15) is 0 Å². The van der Waals surface area contributed by atoms with Crippen molar-refractivity contribution in [2.45, 2.75) is 13.0 Å². The van der Waals surface area contributed by atoms with Crippen molar-refractivity contribution < 1.29 is 28.7 Å². The molecule has 2 amide bonds. The zero-order valence-electron chi connectivity index (χ0n) is 15.8. The second-order valence-corrected chi connectivity index (χ2v) is 6.87. The Balaban J connectivity index is 1.74. The number of halogens is 1. The fraction of sp³-hybridized carbons (Fsp3) is 0.238. The van der Waals surface area contributed by atoms with Gasteiger partial charge in [-0.3, -0.25) is 19.3 Å². The van der Waals surface area contributed by atoms with E-state index in [1.54, 1.807) is 24.3 Å². The van der Waals surface area contributed by atoms with Gasteiger partial charge in [0.2, 0.25) is 5.78 Å². The molecular formula is C21H18ClNO6. The van der Waals surface area contributed by atoms with Crippen molar-refractivity contribution in [3.63, 3.8) is 0 Å². The van der Waals surface area contributed by atoms with Crippen LogP contribution in [0.25, 0.3) is 0 Å². The predicted octanol–water partition coefficient (Wildman–Crippen LogP) is 3.01. The van der Waals surface area contributed by atoms with Crippen LogP contribution in [0.5, 0.6) is 0 Å². The summed E-state index contributed by atoms with van der Waals surface area (Å²) in [6.45, 7) is 1.79. The third kappa shape index (κ3) is 4.21. The standard InChI is InChI=1S/C21H18ClNO6/c1-12(18(24)13-3-6-15(22)7-4-13)29-21(27)14-5-8-16-17(11-14)20(26)23(19(16)25)9-10-28-2/h3-8,11-12H,9-10H2,1-2H3/t12-/m1/s1. The Morgan fingerprint density at radius 2 is 1.62 bits per heavy atom. The summed E-state index contributed by atoms with van der Waals surface area (Å²) in [6, 6.07) is 10.3. The average molecular weight is 416 g/mol. The van der Waals surface area contributed by atoms with Gasteiger partial charge in [0, 0.05) is 17.7 Å². The van der Waals surface area contributed by atoms with Crippen molar-refractivity contribution in [2.75, 3.05) is 20.3 Å². The average Bonchev–Trinajstić information content (AvgIpc) is 2.96. The second-order valence-electron chi connectivity index (χ2n) is 6.43. The number of nitrogens with zero attached hydrogens (tertiary/aromatic N) is 1. The maximum atomic E-state index is 12.5. The smallest absolute Gasteiger partial charge is 0.338 e. The fourth-order valence-electron chi connectivity index (χ4n) is 2.93. The van der Waals surface area contributed by atoms with Crippen molar-refractivity contribution in [3.05, 3.63) is 69.7 Å². The van der Waals surface area contributed by atoms with Crippen LogP contribution in [-0.4, -0.2) is 54.8 Å². The van der Waals surface area contributed by atoms with E-state index in [4.69, 9.17) is 21.1 Å². The fourth-order valence-corrected chi connectivity index (χ4v) is 3.06. The van der Waals surface area contributed by atoms with Gasteiger partial charge in [-0.15, -0.1) is 0 Å². The molecule has 2 aromatic carbocycles. The molecule has 1 atom stereocenters. The lowest BCUT2D eigenvalue weighted by Crippen LogP contribution is -2.32. The summed E-state index contributed by atoms with van der Waals surface area (Å²) in [7, 11) is 1.47. The van der Waals surface area contributed by atoms with E-state index < -0.39 is 23.9 Å². The van der Waals surface area contributed by atoms with E-state index >= 15 is 0 Å². The van der Waals surface area contributed by atoms with Crippen LogP contribution < -0.4 is 0 Å². The van der Waals surface area contributed by atoms with Crippen LogP contribution in [0.1, 0.15) is 48.4 Å². The minimum absolute atomic E-state index is 0.0780. The number of rotatable bonds is 7. The van der Waals surface area contributed by atoms with Gasteiger partial charge in [0.15, 0.2) is 6.10 Å². The van der Waals surface area contributed by atoms with Crippen LogP contribution in [0.15, 0.2) is 42.5 Å². The molecule has 2 aromatic rings. The molecule has 150 valence electrons.